The van der Waals surface area contributed by atoms with Gasteiger partial charge >= 0.3 is 0 Å². The number of nitrogens with one attached hydrogen (secondary N) is 2. The third kappa shape index (κ3) is 4.58. The second kappa shape index (κ2) is 8.71. The lowest BCUT2D eigenvalue weighted by Gasteiger charge is -2.12. The Labute approximate surface area is 141 Å². The van der Waals surface area contributed by atoms with Gasteiger partial charge in [0.15, 0.2) is 0 Å². The molecule has 0 spiro atoms. The third-order valence-corrected chi connectivity index (χ3v) is 3.36. The van der Waals surface area contributed by atoms with Crippen LogP contribution >= 0.6 is 0 Å². The molecule has 0 aliphatic carbocycles. The summed E-state index contributed by atoms with van der Waals surface area (Å²) in [5.74, 6) is 1.26. The summed E-state index contributed by atoms with van der Waals surface area (Å²) < 4.78 is 10.4. The molecule has 24 heavy (non-hydrogen) atoms. The Balaban J connectivity index is 2.13. The van der Waals surface area contributed by atoms with Crippen LogP contribution in [0.1, 0.15) is 30.3 Å². The normalized spacial score (nSPS) is 10.1. The van der Waals surface area contributed by atoms with E-state index in [0.717, 1.165) is 19.4 Å². The number of methoxy groups -OCH3 is 2. The number of benzene rings is 1. The van der Waals surface area contributed by atoms with E-state index in [0.29, 0.717) is 23.1 Å². The number of carbonyl (C=O) groups is 1. The predicted octanol–water partition coefficient (Wildman–Crippen LogP) is 2.96. The molecule has 0 atom stereocenters. The number of amides is 1. The number of hydrogen-bond donors (Lipinski definition) is 2. The number of hydrogen-bond acceptors (Lipinski definition) is 6. The van der Waals surface area contributed by atoms with Crippen LogP contribution in [0.15, 0.2) is 30.5 Å². The summed E-state index contributed by atoms with van der Waals surface area (Å²) in [4.78, 5) is 20.8. The van der Waals surface area contributed by atoms with Gasteiger partial charge in [-0.2, -0.15) is 0 Å². The lowest BCUT2D eigenvalue weighted by atomic mass is 10.2. The van der Waals surface area contributed by atoms with Gasteiger partial charge in [-0.25, -0.2) is 9.97 Å². The first kappa shape index (κ1) is 17.5. The zero-order chi connectivity index (χ0) is 17.4. The highest BCUT2D eigenvalue weighted by Crippen LogP contribution is 2.29. The van der Waals surface area contributed by atoms with Crippen molar-refractivity contribution in [2.45, 2.75) is 19.8 Å². The zero-order valence-corrected chi connectivity index (χ0v) is 14.1. The van der Waals surface area contributed by atoms with E-state index in [1.165, 1.54) is 7.11 Å². The first-order valence-corrected chi connectivity index (χ1v) is 7.78. The first-order valence-electron chi connectivity index (χ1n) is 7.78. The van der Waals surface area contributed by atoms with Gasteiger partial charge in [-0.05, 0) is 24.6 Å². The number of anilines is 2. The Morgan fingerprint density at radius 1 is 1.21 bits per heavy atom. The van der Waals surface area contributed by atoms with Gasteiger partial charge in [-0.1, -0.05) is 13.3 Å². The smallest absolute Gasteiger partial charge is 0.274 e. The molecule has 2 aromatic rings. The molecule has 1 aromatic carbocycles. The monoisotopic (exact) mass is 330 g/mol. The minimum atomic E-state index is -0.345. The average molecular weight is 330 g/mol. The van der Waals surface area contributed by atoms with Gasteiger partial charge in [-0.15, -0.1) is 0 Å². The lowest BCUT2D eigenvalue weighted by molar-refractivity contribution is 0.102. The molecule has 128 valence electrons. The van der Waals surface area contributed by atoms with Crippen LogP contribution in [-0.2, 0) is 0 Å². The molecule has 0 saturated carbocycles. The number of ether oxygens (including phenoxy) is 2. The molecule has 1 aromatic heterocycles. The van der Waals surface area contributed by atoms with Gasteiger partial charge < -0.3 is 20.1 Å². The number of unbranched alkanes of at least 4 members (excludes halogenated alkanes) is 1. The molecule has 0 fully saturated rings. The maximum absolute atomic E-state index is 12.4. The quantitative estimate of drug-likeness (QED) is 0.724. The van der Waals surface area contributed by atoms with Crippen molar-refractivity contribution in [1.29, 1.82) is 0 Å². The third-order valence-electron chi connectivity index (χ3n) is 3.36. The number of nitrogens with zero attached hydrogens (tertiary/aromatic N) is 2. The second-order valence-electron chi connectivity index (χ2n) is 5.07. The fourth-order valence-corrected chi connectivity index (χ4v) is 2.05. The van der Waals surface area contributed by atoms with Crippen LogP contribution in [0.25, 0.3) is 0 Å². The maximum Gasteiger partial charge on any atom is 0.274 e. The molecule has 7 nitrogen and oxygen atoms in total. The average Bonchev–Trinajstić information content (AvgIpc) is 2.62. The fourth-order valence-electron chi connectivity index (χ4n) is 2.05. The largest absolute Gasteiger partial charge is 0.497 e. The van der Waals surface area contributed by atoms with E-state index >= 15 is 0 Å². The molecule has 1 amide bonds. The van der Waals surface area contributed by atoms with Gasteiger partial charge in [0, 0.05) is 18.8 Å². The fraction of sp³-hybridized carbons (Fsp3) is 0.353. The molecule has 0 saturated heterocycles. The van der Waals surface area contributed by atoms with Crippen molar-refractivity contribution >= 4 is 17.5 Å². The molecule has 0 unspecified atom stereocenters. The summed E-state index contributed by atoms with van der Waals surface area (Å²) in [6, 6.07) is 6.74. The van der Waals surface area contributed by atoms with E-state index < -0.39 is 0 Å². The summed E-state index contributed by atoms with van der Waals surface area (Å²) in [5, 5.41) is 5.88. The van der Waals surface area contributed by atoms with E-state index in [4.69, 9.17) is 9.47 Å². The first-order chi connectivity index (χ1) is 11.7. The highest BCUT2D eigenvalue weighted by Gasteiger charge is 2.13. The van der Waals surface area contributed by atoms with Crippen molar-refractivity contribution in [3.63, 3.8) is 0 Å². The second-order valence-corrected chi connectivity index (χ2v) is 5.07. The Hall–Kier alpha value is -2.83. The molecule has 0 aliphatic heterocycles. The van der Waals surface area contributed by atoms with Crippen molar-refractivity contribution in [3.05, 3.63) is 36.2 Å². The van der Waals surface area contributed by atoms with Crippen molar-refractivity contribution in [2.75, 3.05) is 31.4 Å². The van der Waals surface area contributed by atoms with Crippen LogP contribution in [0.4, 0.5) is 11.6 Å². The zero-order valence-electron chi connectivity index (χ0n) is 14.1. The minimum Gasteiger partial charge on any atom is -0.497 e. The van der Waals surface area contributed by atoms with Crippen molar-refractivity contribution in [1.82, 2.24) is 9.97 Å². The summed E-state index contributed by atoms with van der Waals surface area (Å²) in [7, 11) is 3.10. The summed E-state index contributed by atoms with van der Waals surface area (Å²) in [5.41, 5.74) is 0.787. The molecular formula is C17H22N4O3. The number of rotatable bonds is 8. The van der Waals surface area contributed by atoms with Gasteiger partial charge in [0.25, 0.3) is 5.91 Å². The Bertz CT molecular complexity index is 691. The van der Waals surface area contributed by atoms with Crippen LogP contribution < -0.4 is 20.1 Å². The molecule has 2 rings (SSSR count). The highest BCUT2D eigenvalue weighted by molar-refractivity contribution is 6.03. The Morgan fingerprint density at radius 2 is 2.04 bits per heavy atom. The van der Waals surface area contributed by atoms with Gasteiger partial charge in [0.2, 0.25) is 5.95 Å². The SMILES string of the molecule is CCCCNc1nccc(C(=O)Nc2cc(OC)ccc2OC)n1. The lowest BCUT2D eigenvalue weighted by Crippen LogP contribution is -2.16. The van der Waals surface area contributed by atoms with E-state index in [1.54, 1.807) is 37.6 Å². The standard InChI is InChI=1S/C17H22N4O3/c1-4-5-9-18-17-19-10-8-13(21-17)16(22)20-14-11-12(23-2)6-7-15(14)24-3/h6-8,10-11H,4-5,9H2,1-3H3,(H,20,22)(H,18,19,21). The highest BCUT2D eigenvalue weighted by atomic mass is 16.5. The topological polar surface area (TPSA) is 85.4 Å². The van der Waals surface area contributed by atoms with Crippen LogP contribution in [0.2, 0.25) is 0 Å². The van der Waals surface area contributed by atoms with Crippen molar-refractivity contribution in [2.24, 2.45) is 0 Å². The van der Waals surface area contributed by atoms with E-state index in [9.17, 15) is 4.79 Å². The summed E-state index contributed by atoms with van der Waals surface area (Å²) in [6.07, 6.45) is 3.64. The van der Waals surface area contributed by atoms with Gasteiger partial charge in [0.05, 0.1) is 19.9 Å². The van der Waals surface area contributed by atoms with Crippen LogP contribution in [0.5, 0.6) is 11.5 Å². The van der Waals surface area contributed by atoms with E-state index in [2.05, 4.69) is 27.5 Å². The van der Waals surface area contributed by atoms with E-state index in [1.807, 2.05) is 0 Å². The van der Waals surface area contributed by atoms with Crippen LogP contribution in [0, 0.1) is 0 Å². The summed E-state index contributed by atoms with van der Waals surface area (Å²) in [6.45, 7) is 2.87. The van der Waals surface area contributed by atoms with Gasteiger partial charge in [-0.3, -0.25) is 4.79 Å². The van der Waals surface area contributed by atoms with Crippen LogP contribution in [0.3, 0.4) is 0 Å². The Morgan fingerprint density at radius 3 is 2.75 bits per heavy atom. The van der Waals surface area contributed by atoms with E-state index in [-0.39, 0.29) is 11.6 Å². The summed E-state index contributed by atoms with van der Waals surface area (Å²) >= 11 is 0. The Kier molecular flexibility index (Phi) is 6.36. The van der Waals surface area contributed by atoms with Crippen LogP contribution in [-0.4, -0.2) is 36.6 Å². The molecule has 0 radical (unpaired) electrons. The van der Waals surface area contributed by atoms with Gasteiger partial charge in [0.1, 0.15) is 17.2 Å². The number of carbonyl (C=O) groups excluding carboxylic acids is 1. The number of aromatic nitrogens is 2. The molecule has 1 heterocycles. The predicted molar refractivity (Wildman–Crippen MR) is 92.9 cm³/mol. The maximum atomic E-state index is 12.4. The molecular weight excluding hydrogens is 308 g/mol. The molecule has 0 bridgehead atoms. The molecule has 2 N–H and O–H groups in total. The molecule has 0 aliphatic rings. The molecule has 7 heteroatoms. The van der Waals surface area contributed by atoms with Crippen molar-refractivity contribution in [3.8, 4) is 11.5 Å². The van der Waals surface area contributed by atoms with Crippen molar-refractivity contribution < 1.29 is 14.3 Å². The minimum absolute atomic E-state index is 0.272.